The van der Waals surface area contributed by atoms with Gasteiger partial charge < -0.3 is 14.6 Å². The Hall–Kier alpha value is -1.71. The van der Waals surface area contributed by atoms with Gasteiger partial charge in [-0.25, -0.2) is 0 Å². The number of rotatable bonds is 4. The summed E-state index contributed by atoms with van der Waals surface area (Å²) in [6, 6.07) is 3.03. The van der Waals surface area contributed by atoms with Crippen LogP contribution >= 0.6 is 0 Å². The molecule has 1 aromatic carbocycles. The molecular formula is C12H16O4. The van der Waals surface area contributed by atoms with Crippen LogP contribution in [0.3, 0.4) is 0 Å². The van der Waals surface area contributed by atoms with Crippen molar-refractivity contribution in [2.24, 2.45) is 5.92 Å². The molecule has 0 saturated carbocycles. The highest BCUT2D eigenvalue weighted by atomic mass is 16.5. The number of hydrogen-bond acceptors (Lipinski definition) is 4. The molecule has 4 heteroatoms. The first-order valence-corrected chi connectivity index (χ1v) is 5.00. The van der Waals surface area contributed by atoms with Gasteiger partial charge in [0.1, 0.15) is 0 Å². The van der Waals surface area contributed by atoms with Crippen LogP contribution in [-0.2, 0) is 0 Å². The van der Waals surface area contributed by atoms with E-state index in [0.29, 0.717) is 5.56 Å². The van der Waals surface area contributed by atoms with E-state index in [-0.39, 0.29) is 28.9 Å². The number of Topliss-reactive ketones (excluding diaryl/α,β-unsaturated/α-hetero) is 1. The molecule has 0 heterocycles. The Morgan fingerprint density at radius 2 is 1.62 bits per heavy atom. The van der Waals surface area contributed by atoms with E-state index in [9.17, 15) is 9.90 Å². The van der Waals surface area contributed by atoms with E-state index >= 15 is 0 Å². The molecule has 0 spiro atoms. The minimum absolute atomic E-state index is 0.0170. The minimum Gasteiger partial charge on any atom is -0.502 e. The summed E-state index contributed by atoms with van der Waals surface area (Å²) in [6.07, 6.45) is 0. The highest BCUT2D eigenvalue weighted by molar-refractivity contribution is 5.98. The van der Waals surface area contributed by atoms with E-state index in [1.807, 2.05) is 13.8 Å². The molecule has 0 bridgehead atoms. The molecule has 1 aromatic rings. The third kappa shape index (κ3) is 2.27. The molecule has 0 radical (unpaired) electrons. The number of phenolic OH excluding ortho intramolecular Hbond substituents is 1. The van der Waals surface area contributed by atoms with Crippen LogP contribution in [0.5, 0.6) is 17.2 Å². The van der Waals surface area contributed by atoms with Crippen molar-refractivity contribution in [3.63, 3.8) is 0 Å². The molecule has 0 amide bonds. The largest absolute Gasteiger partial charge is 0.502 e. The Balaban J connectivity index is 3.27. The van der Waals surface area contributed by atoms with Crippen molar-refractivity contribution in [1.82, 2.24) is 0 Å². The van der Waals surface area contributed by atoms with Gasteiger partial charge in [-0.05, 0) is 12.1 Å². The molecule has 0 atom stereocenters. The summed E-state index contributed by atoms with van der Waals surface area (Å²) in [5.41, 5.74) is 0.474. The molecule has 4 nitrogen and oxygen atoms in total. The quantitative estimate of drug-likeness (QED) is 0.797. The van der Waals surface area contributed by atoms with E-state index in [0.717, 1.165) is 0 Å². The van der Waals surface area contributed by atoms with Gasteiger partial charge in [-0.15, -0.1) is 0 Å². The van der Waals surface area contributed by atoms with E-state index in [1.54, 1.807) is 0 Å². The smallest absolute Gasteiger partial charge is 0.200 e. The second-order valence-electron chi connectivity index (χ2n) is 3.75. The first-order valence-electron chi connectivity index (χ1n) is 5.00. The van der Waals surface area contributed by atoms with Gasteiger partial charge in [0.25, 0.3) is 0 Å². The lowest BCUT2D eigenvalue weighted by molar-refractivity contribution is 0.0938. The number of carbonyl (C=O) groups excluding carboxylic acids is 1. The van der Waals surface area contributed by atoms with Crippen molar-refractivity contribution >= 4 is 5.78 Å². The molecule has 1 rings (SSSR count). The van der Waals surface area contributed by atoms with Crippen LogP contribution in [0.1, 0.15) is 24.2 Å². The average molecular weight is 224 g/mol. The van der Waals surface area contributed by atoms with Crippen molar-refractivity contribution in [2.75, 3.05) is 14.2 Å². The Kier molecular flexibility index (Phi) is 3.77. The molecule has 0 aliphatic carbocycles. The molecule has 88 valence electrons. The topological polar surface area (TPSA) is 55.8 Å². The molecule has 0 aromatic heterocycles. The first kappa shape index (κ1) is 12.4. The zero-order chi connectivity index (χ0) is 12.3. The van der Waals surface area contributed by atoms with Gasteiger partial charge in [0.05, 0.1) is 14.2 Å². The van der Waals surface area contributed by atoms with Crippen molar-refractivity contribution < 1.29 is 19.4 Å². The normalized spacial score (nSPS) is 10.3. The summed E-state index contributed by atoms with van der Waals surface area (Å²) in [4.78, 5) is 11.8. The molecule has 0 fully saturated rings. The first-order chi connectivity index (χ1) is 7.51. The van der Waals surface area contributed by atoms with Gasteiger partial charge in [0, 0.05) is 11.5 Å². The van der Waals surface area contributed by atoms with Gasteiger partial charge in [-0.3, -0.25) is 4.79 Å². The summed E-state index contributed by atoms with van der Waals surface area (Å²) in [5.74, 6) is 0.257. The van der Waals surface area contributed by atoms with Crippen molar-refractivity contribution in [3.05, 3.63) is 17.7 Å². The molecule has 0 aliphatic rings. The summed E-state index contributed by atoms with van der Waals surface area (Å²) in [5, 5.41) is 9.67. The molecule has 16 heavy (non-hydrogen) atoms. The van der Waals surface area contributed by atoms with Crippen LogP contribution in [0.4, 0.5) is 0 Å². The van der Waals surface area contributed by atoms with Crippen LogP contribution in [0.2, 0.25) is 0 Å². The fraction of sp³-hybridized carbons (Fsp3) is 0.417. The zero-order valence-corrected chi connectivity index (χ0v) is 9.90. The second-order valence-corrected chi connectivity index (χ2v) is 3.75. The number of phenols is 1. The Morgan fingerprint density at radius 1 is 1.19 bits per heavy atom. The second kappa shape index (κ2) is 4.88. The Labute approximate surface area is 94.8 Å². The fourth-order valence-corrected chi connectivity index (χ4v) is 1.37. The van der Waals surface area contributed by atoms with Crippen LogP contribution in [0.15, 0.2) is 12.1 Å². The zero-order valence-electron chi connectivity index (χ0n) is 9.90. The number of ether oxygens (including phenoxy) is 2. The van der Waals surface area contributed by atoms with E-state index in [2.05, 4.69) is 0 Å². The van der Waals surface area contributed by atoms with Gasteiger partial charge in [0.15, 0.2) is 17.3 Å². The average Bonchev–Trinajstić information content (AvgIpc) is 2.28. The number of methoxy groups -OCH3 is 2. The van der Waals surface area contributed by atoms with Crippen molar-refractivity contribution in [1.29, 1.82) is 0 Å². The third-order valence-corrected chi connectivity index (χ3v) is 2.29. The summed E-state index contributed by atoms with van der Waals surface area (Å²) < 4.78 is 9.95. The molecule has 0 saturated heterocycles. The number of carbonyl (C=O) groups is 1. The van der Waals surface area contributed by atoms with Gasteiger partial charge in [0.2, 0.25) is 5.75 Å². The highest BCUT2D eigenvalue weighted by Crippen LogP contribution is 2.37. The predicted octanol–water partition coefficient (Wildman–Crippen LogP) is 2.25. The Morgan fingerprint density at radius 3 is 1.94 bits per heavy atom. The minimum atomic E-state index is -0.112. The van der Waals surface area contributed by atoms with Gasteiger partial charge in [-0.1, -0.05) is 13.8 Å². The number of aromatic hydroxyl groups is 1. The summed E-state index contributed by atoms with van der Waals surface area (Å²) in [7, 11) is 2.86. The number of ketones is 1. The van der Waals surface area contributed by atoms with Crippen LogP contribution in [-0.4, -0.2) is 25.1 Å². The standard InChI is InChI=1S/C12H16O4/c1-7(2)11(13)8-5-9(15-3)12(14)10(6-8)16-4/h5-7,14H,1-4H3. The number of hydrogen-bond donors (Lipinski definition) is 1. The highest BCUT2D eigenvalue weighted by Gasteiger charge is 2.17. The number of benzene rings is 1. The summed E-state index contributed by atoms with van der Waals surface area (Å²) >= 11 is 0. The fourth-order valence-electron chi connectivity index (χ4n) is 1.37. The maximum absolute atomic E-state index is 11.8. The molecule has 0 aliphatic heterocycles. The van der Waals surface area contributed by atoms with E-state index in [4.69, 9.17) is 9.47 Å². The Bertz CT molecular complexity index is 371. The molecular weight excluding hydrogens is 208 g/mol. The van der Waals surface area contributed by atoms with Crippen LogP contribution in [0.25, 0.3) is 0 Å². The van der Waals surface area contributed by atoms with Crippen LogP contribution < -0.4 is 9.47 Å². The third-order valence-electron chi connectivity index (χ3n) is 2.29. The lowest BCUT2D eigenvalue weighted by Gasteiger charge is -2.11. The van der Waals surface area contributed by atoms with Crippen molar-refractivity contribution in [2.45, 2.75) is 13.8 Å². The van der Waals surface area contributed by atoms with Gasteiger partial charge >= 0.3 is 0 Å². The van der Waals surface area contributed by atoms with E-state index in [1.165, 1.54) is 26.4 Å². The summed E-state index contributed by atoms with van der Waals surface area (Å²) in [6.45, 7) is 3.63. The lowest BCUT2D eigenvalue weighted by Crippen LogP contribution is -2.08. The SMILES string of the molecule is COc1cc(C(=O)C(C)C)cc(OC)c1O. The van der Waals surface area contributed by atoms with Crippen molar-refractivity contribution in [3.8, 4) is 17.2 Å². The monoisotopic (exact) mass is 224 g/mol. The lowest BCUT2D eigenvalue weighted by atomic mass is 10.0. The maximum Gasteiger partial charge on any atom is 0.200 e. The predicted molar refractivity (Wildman–Crippen MR) is 60.4 cm³/mol. The molecule has 1 N–H and O–H groups in total. The molecule has 0 unspecified atom stereocenters. The maximum atomic E-state index is 11.8. The van der Waals surface area contributed by atoms with E-state index < -0.39 is 0 Å². The van der Waals surface area contributed by atoms with Crippen LogP contribution in [0, 0.1) is 5.92 Å². The van der Waals surface area contributed by atoms with Gasteiger partial charge in [-0.2, -0.15) is 0 Å².